The normalized spacial score (nSPS) is 17.2. The van der Waals surface area contributed by atoms with Crippen LogP contribution in [0.5, 0.6) is 0 Å². The molecule has 1 aliphatic rings. The van der Waals surface area contributed by atoms with Gasteiger partial charge in [0.05, 0.1) is 24.7 Å². The molecule has 2 aromatic heterocycles. The van der Waals surface area contributed by atoms with E-state index in [4.69, 9.17) is 9.57 Å². The highest BCUT2D eigenvalue weighted by Gasteiger charge is 2.22. The van der Waals surface area contributed by atoms with Crippen LogP contribution >= 0.6 is 22.1 Å². The maximum absolute atomic E-state index is 13.1. The number of ether oxygens (including phenoxy) is 1. The van der Waals surface area contributed by atoms with Crippen LogP contribution in [0.25, 0.3) is 10.3 Å². The summed E-state index contributed by atoms with van der Waals surface area (Å²) in [6.45, 7) is 0.721. The van der Waals surface area contributed by atoms with E-state index in [1.54, 1.807) is 18.3 Å². The van der Waals surface area contributed by atoms with Crippen molar-refractivity contribution in [3.63, 3.8) is 0 Å². The van der Waals surface area contributed by atoms with Crippen LogP contribution in [0.4, 0.5) is 5.13 Å². The highest BCUT2D eigenvalue weighted by Crippen LogP contribution is 2.43. The van der Waals surface area contributed by atoms with Gasteiger partial charge in [0.25, 0.3) is 5.91 Å². The van der Waals surface area contributed by atoms with Crippen LogP contribution in [0, 0.1) is 0 Å². The van der Waals surface area contributed by atoms with Gasteiger partial charge in [0, 0.05) is 18.2 Å². The second-order valence-electron chi connectivity index (χ2n) is 6.92. The molecule has 1 aromatic carbocycles. The molecule has 1 saturated heterocycles. The summed E-state index contributed by atoms with van der Waals surface area (Å²) in [5.41, 5.74) is 1.03. The van der Waals surface area contributed by atoms with Crippen LogP contribution in [-0.4, -0.2) is 62.8 Å². The predicted molar refractivity (Wildman–Crippen MR) is 125 cm³/mol. The van der Waals surface area contributed by atoms with E-state index in [0.29, 0.717) is 47.0 Å². The number of anilines is 1. The second-order valence-corrected chi connectivity index (χ2v) is 9.76. The van der Waals surface area contributed by atoms with E-state index >= 15 is 0 Å². The van der Waals surface area contributed by atoms with Crippen LogP contribution in [0.1, 0.15) is 12.0 Å². The maximum atomic E-state index is 13.1. The molecule has 1 amide bonds. The van der Waals surface area contributed by atoms with Crippen LogP contribution in [0.15, 0.2) is 52.6 Å². The quantitative estimate of drug-likeness (QED) is 0.201. The van der Waals surface area contributed by atoms with Gasteiger partial charge >= 0.3 is 0 Å². The predicted octanol–water partition coefficient (Wildman–Crippen LogP) is 2.65. The van der Waals surface area contributed by atoms with Gasteiger partial charge in [-0.25, -0.2) is 14.7 Å². The minimum atomic E-state index is -3.36. The van der Waals surface area contributed by atoms with Crippen LogP contribution < -0.4 is 10.0 Å². The van der Waals surface area contributed by atoms with E-state index in [1.165, 1.54) is 35.6 Å². The van der Waals surface area contributed by atoms with E-state index in [2.05, 4.69) is 25.2 Å². The first-order valence-corrected chi connectivity index (χ1v) is 12.2. The first-order chi connectivity index (χ1) is 16.0. The lowest BCUT2D eigenvalue weighted by Crippen LogP contribution is -2.25. The van der Waals surface area contributed by atoms with Crippen molar-refractivity contribution in [2.24, 2.45) is 5.16 Å². The highest BCUT2D eigenvalue weighted by molar-refractivity contribution is 8.22. The van der Waals surface area contributed by atoms with Gasteiger partial charge in [-0.05, 0) is 24.3 Å². The fourth-order valence-electron chi connectivity index (χ4n) is 2.96. The molecule has 0 spiro atoms. The lowest BCUT2D eigenvalue weighted by Gasteiger charge is -2.32. The molecule has 1 aliphatic heterocycles. The molecule has 0 bridgehead atoms. The zero-order chi connectivity index (χ0) is 23.3. The monoisotopic (exact) mass is 491 g/mol. The van der Waals surface area contributed by atoms with Gasteiger partial charge in [-0.3, -0.25) is 19.2 Å². The number of amides is 1. The number of hydrogen-bond donors (Lipinski definition) is 4. The average molecular weight is 492 g/mol. The molecule has 4 rings (SSSR count). The Morgan fingerprint density at radius 1 is 1.33 bits per heavy atom. The highest BCUT2D eigenvalue weighted by atomic mass is 32.3. The van der Waals surface area contributed by atoms with Gasteiger partial charge < -0.3 is 14.4 Å². The molecule has 0 unspecified atom stereocenters. The Morgan fingerprint density at radius 2 is 2.15 bits per heavy atom. The molecule has 174 valence electrons. The van der Waals surface area contributed by atoms with Crippen molar-refractivity contribution in [1.29, 1.82) is 0 Å². The Kier molecular flexibility index (Phi) is 7.27. The molecule has 1 fully saturated rings. The zero-order valence-corrected chi connectivity index (χ0v) is 18.8. The molecule has 3 aromatic rings. The number of carbonyl (C=O) groups excluding carboxylic acids is 2. The molecule has 13 heteroatoms. The molecule has 11 nitrogen and oxygen atoms in total. The number of aromatic nitrogens is 2. The van der Waals surface area contributed by atoms with E-state index in [0.717, 1.165) is 0 Å². The second kappa shape index (κ2) is 10.3. The van der Waals surface area contributed by atoms with E-state index < -0.39 is 16.7 Å². The van der Waals surface area contributed by atoms with Crippen LogP contribution in [-0.2, 0) is 19.2 Å². The number of rotatable bonds is 9. The van der Waals surface area contributed by atoms with Gasteiger partial charge in [0.15, 0.2) is 16.9 Å². The number of thiazole rings is 1. The number of oxime groups is 1. The topological polar surface area (TPSA) is 155 Å². The van der Waals surface area contributed by atoms with Gasteiger partial charge in [0.1, 0.15) is 16.6 Å². The summed E-state index contributed by atoms with van der Waals surface area (Å²) in [5, 5.41) is 7.15. The van der Waals surface area contributed by atoms with Gasteiger partial charge in [0.2, 0.25) is 0 Å². The van der Waals surface area contributed by atoms with E-state index in [-0.39, 0.29) is 23.3 Å². The van der Waals surface area contributed by atoms with Crippen molar-refractivity contribution in [2.75, 3.05) is 25.1 Å². The Bertz CT molecular complexity index is 1130. The first kappa shape index (κ1) is 23.2. The third-order valence-corrected chi connectivity index (χ3v) is 7.00. The molecule has 1 atom stereocenters. The summed E-state index contributed by atoms with van der Waals surface area (Å²) in [7, 11) is -3.36. The number of carbonyl (C=O) groups is 2. The molecule has 33 heavy (non-hydrogen) atoms. The number of hydrogen-bond acceptors (Lipinski definition) is 11. The number of aldehydes is 1. The SMILES string of the molecule is O=CCNS(O)(O)c1ccc(C(=NO[C@@H]2CCOC2)C(=O)Nc2nc3cccnc3s2)cc1. The first-order valence-electron chi connectivity index (χ1n) is 9.87. The third kappa shape index (κ3) is 5.71. The number of fused-ring (bicyclic) bond motifs is 1. The van der Waals surface area contributed by atoms with E-state index in [1.807, 2.05) is 0 Å². The number of benzene rings is 1. The van der Waals surface area contributed by atoms with Crippen molar-refractivity contribution >= 4 is 55.5 Å². The molecule has 0 saturated carbocycles. The fraction of sp³-hybridized carbons (Fsp3) is 0.250. The molecule has 0 aliphatic carbocycles. The van der Waals surface area contributed by atoms with Crippen molar-refractivity contribution in [1.82, 2.24) is 14.7 Å². The number of nitrogens with one attached hydrogen (secondary N) is 2. The Morgan fingerprint density at radius 3 is 2.85 bits per heavy atom. The number of nitrogens with zero attached hydrogens (tertiary/aromatic N) is 3. The van der Waals surface area contributed by atoms with Crippen molar-refractivity contribution < 1.29 is 28.3 Å². The summed E-state index contributed by atoms with van der Waals surface area (Å²) >= 11 is 1.23. The van der Waals surface area contributed by atoms with Crippen molar-refractivity contribution in [2.45, 2.75) is 17.4 Å². The Labute approximate surface area is 194 Å². The van der Waals surface area contributed by atoms with Gasteiger partial charge in [-0.15, -0.1) is 10.8 Å². The smallest absolute Gasteiger partial charge is 0.280 e. The fourth-order valence-corrected chi connectivity index (χ4v) is 4.75. The van der Waals surface area contributed by atoms with E-state index in [9.17, 15) is 18.7 Å². The average Bonchev–Trinajstić information content (AvgIpc) is 3.47. The summed E-state index contributed by atoms with van der Waals surface area (Å²) in [4.78, 5) is 38.5. The standard InChI is InChI=1S/C20H21N5O6S2/c26-10-9-22-33(28,29)15-5-3-13(4-6-15)17(25-31-14-7-11-30-12-14)18(27)24-20-23-16-2-1-8-21-19(16)32-20/h1-6,8,10,14,22,28-29H,7,9,11-12H2,(H,23,24,27)/t14-/m1/s1. The summed E-state index contributed by atoms with van der Waals surface area (Å²) in [5.74, 6) is -0.550. The van der Waals surface area contributed by atoms with Gasteiger partial charge in [-0.1, -0.05) is 28.6 Å². The van der Waals surface area contributed by atoms with Crippen LogP contribution in [0.2, 0.25) is 0 Å². The molecule has 0 radical (unpaired) electrons. The lowest BCUT2D eigenvalue weighted by molar-refractivity contribution is -0.110. The molecule has 4 N–H and O–H groups in total. The molecular formula is C20H21N5O6S2. The van der Waals surface area contributed by atoms with Crippen molar-refractivity contribution in [3.8, 4) is 0 Å². The summed E-state index contributed by atoms with van der Waals surface area (Å²) in [6.07, 6.45) is 2.56. The lowest BCUT2D eigenvalue weighted by atomic mass is 10.1. The molecular weight excluding hydrogens is 470 g/mol. The van der Waals surface area contributed by atoms with Gasteiger partial charge in [-0.2, -0.15) is 0 Å². The third-order valence-electron chi connectivity index (χ3n) is 4.61. The molecule has 3 heterocycles. The Hall–Kier alpha value is -2.94. The zero-order valence-electron chi connectivity index (χ0n) is 17.2. The minimum absolute atomic E-state index is 0.0157. The summed E-state index contributed by atoms with van der Waals surface area (Å²) in [6, 6.07) is 9.45. The maximum Gasteiger partial charge on any atom is 0.280 e. The summed E-state index contributed by atoms with van der Waals surface area (Å²) < 4.78 is 28.0. The number of pyridine rings is 1. The van der Waals surface area contributed by atoms with Crippen LogP contribution in [0.3, 0.4) is 0 Å². The largest absolute Gasteiger partial charge is 0.389 e. The van der Waals surface area contributed by atoms with Crippen molar-refractivity contribution in [3.05, 3.63) is 48.2 Å². The Balaban J connectivity index is 1.58. The minimum Gasteiger partial charge on any atom is -0.389 e.